The van der Waals surface area contributed by atoms with E-state index in [1.165, 1.54) is 12.1 Å². The molecule has 0 atom stereocenters. The normalized spacial score (nSPS) is 11.2. The van der Waals surface area contributed by atoms with E-state index >= 15 is 0 Å². The molecule has 3 nitrogen and oxygen atoms in total. The van der Waals surface area contributed by atoms with E-state index in [4.69, 9.17) is 0 Å². The highest BCUT2D eigenvalue weighted by Gasteiger charge is 2.09. The van der Waals surface area contributed by atoms with Crippen LogP contribution >= 0.6 is 0 Å². The predicted molar refractivity (Wildman–Crippen MR) is 69.5 cm³/mol. The second-order valence-corrected chi connectivity index (χ2v) is 3.78. The van der Waals surface area contributed by atoms with Gasteiger partial charge in [-0.2, -0.15) is 0 Å². The zero-order valence-corrected chi connectivity index (χ0v) is 9.58. The molecule has 2 N–H and O–H groups in total. The summed E-state index contributed by atoms with van der Waals surface area (Å²) in [7, 11) is 0. The molecule has 2 aromatic rings. The number of carbonyl (C=O) groups excluding carboxylic acids is 1. The molecular formula is C15H12O3. The maximum atomic E-state index is 11.9. The Hall–Kier alpha value is -2.55. The predicted octanol–water partition coefficient (Wildman–Crippen LogP) is 3.17. The van der Waals surface area contributed by atoms with Crippen molar-refractivity contribution in [1.82, 2.24) is 0 Å². The number of hydrogen-bond donors (Lipinski definition) is 2. The minimum Gasteiger partial charge on any atom is -0.507 e. The smallest absolute Gasteiger partial charge is 0.193 e. The Balaban J connectivity index is 2.29. The molecule has 0 heterocycles. The molecule has 0 aliphatic heterocycles. The van der Waals surface area contributed by atoms with Crippen molar-refractivity contribution < 1.29 is 15.0 Å². The number of rotatable bonds is 3. The number of phenols is 1. The van der Waals surface area contributed by atoms with Crippen molar-refractivity contribution in [1.29, 1.82) is 0 Å². The van der Waals surface area contributed by atoms with Gasteiger partial charge in [0.05, 0.1) is 5.56 Å². The van der Waals surface area contributed by atoms with Crippen molar-refractivity contribution in [2.45, 2.75) is 0 Å². The van der Waals surface area contributed by atoms with E-state index in [0.717, 1.165) is 6.08 Å². The molecule has 0 radical (unpaired) electrons. The standard InChI is InChI=1S/C15H12O3/c16-13-9-5-4-8-12(13)15(18)10-14(17)11-6-2-1-3-7-11/h1-10,16-17H. The first-order valence-corrected chi connectivity index (χ1v) is 5.47. The highest BCUT2D eigenvalue weighted by molar-refractivity contribution is 6.09. The fraction of sp³-hybridized carbons (Fsp3) is 0. The summed E-state index contributed by atoms with van der Waals surface area (Å²) in [5.74, 6) is -0.655. The molecule has 2 aromatic carbocycles. The van der Waals surface area contributed by atoms with Crippen LogP contribution in [0, 0.1) is 0 Å². The number of phenolic OH excluding ortho intramolecular Hbond substituents is 1. The third-order valence-electron chi connectivity index (χ3n) is 2.51. The number of benzene rings is 2. The van der Waals surface area contributed by atoms with Crippen molar-refractivity contribution >= 4 is 11.5 Å². The molecule has 0 spiro atoms. The molecule has 0 fully saturated rings. The minimum atomic E-state index is -0.436. The summed E-state index contributed by atoms with van der Waals surface area (Å²) >= 11 is 0. The molecule has 0 aliphatic rings. The second kappa shape index (κ2) is 5.19. The van der Waals surface area contributed by atoms with Crippen LogP contribution < -0.4 is 0 Å². The van der Waals surface area contributed by atoms with Crippen LogP contribution in [0.25, 0.3) is 5.76 Å². The summed E-state index contributed by atoms with van der Waals surface area (Å²) in [6.45, 7) is 0. The first kappa shape index (κ1) is 11.9. The summed E-state index contributed by atoms with van der Waals surface area (Å²) in [6.07, 6.45) is 1.10. The summed E-state index contributed by atoms with van der Waals surface area (Å²) in [5.41, 5.74) is 0.723. The van der Waals surface area contributed by atoms with Gasteiger partial charge in [0.15, 0.2) is 5.78 Å². The van der Waals surface area contributed by atoms with Crippen LogP contribution in [0.4, 0.5) is 0 Å². The van der Waals surface area contributed by atoms with Gasteiger partial charge in [-0.1, -0.05) is 42.5 Å². The minimum absolute atomic E-state index is 0.0976. The highest BCUT2D eigenvalue weighted by Crippen LogP contribution is 2.18. The van der Waals surface area contributed by atoms with E-state index in [1.54, 1.807) is 36.4 Å². The van der Waals surface area contributed by atoms with Gasteiger partial charge in [0, 0.05) is 11.6 Å². The highest BCUT2D eigenvalue weighted by atomic mass is 16.3. The fourth-order valence-corrected chi connectivity index (χ4v) is 1.58. The molecule has 0 aromatic heterocycles. The van der Waals surface area contributed by atoms with Crippen molar-refractivity contribution in [3.8, 4) is 5.75 Å². The van der Waals surface area contributed by atoms with Crippen LogP contribution in [0.5, 0.6) is 5.75 Å². The SMILES string of the molecule is O=C(C=C(O)c1ccccc1)c1ccccc1O. The van der Waals surface area contributed by atoms with Gasteiger partial charge in [-0.25, -0.2) is 0 Å². The average Bonchev–Trinajstić information content (AvgIpc) is 2.40. The van der Waals surface area contributed by atoms with E-state index < -0.39 is 5.78 Å². The van der Waals surface area contributed by atoms with Crippen molar-refractivity contribution in [3.63, 3.8) is 0 Å². The third kappa shape index (κ3) is 2.58. The average molecular weight is 240 g/mol. The lowest BCUT2D eigenvalue weighted by atomic mass is 10.1. The number of carbonyl (C=O) groups is 1. The first-order valence-electron chi connectivity index (χ1n) is 5.47. The Kier molecular flexibility index (Phi) is 3.44. The number of aromatic hydroxyl groups is 1. The summed E-state index contributed by atoms with van der Waals surface area (Å²) in [5, 5.41) is 19.3. The Morgan fingerprint density at radius 1 is 0.944 bits per heavy atom. The number of allylic oxidation sites excluding steroid dienone is 1. The summed E-state index contributed by atoms with van der Waals surface area (Å²) in [4.78, 5) is 11.9. The summed E-state index contributed by atoms with van der Waals surface area (Å²) < 4.78 is 0. The fourth-order valence-electron chi connectivity index (χ4n) is 1.58. The molecule has 90 valence electrons. The lowest BCUT2D eigenvalue weighted by Crippen LogP contribution is -1.96. The van der Waals surface area contributed by atoms with Crippen LogP contribution in [0.15, 0.2) is 60.7 Å². The van der Waals surface area contributed by atoms with E-state index in [2.05, 4.69) is 0 Å². The zero-order valence-electron chi connectivity index (χ0n) is 9.58. The number of aliphatic hydroxyl groups excluding tert-OH is 1. The Morgan fingerprint density at radius 2 is 1.56 bits per heavy atom. The van der Waals surface area contributed by atoms with Crippen LogP contribution in [-0.2, 0) is 0 Å². The van der Waals surface area contributed by atoms with E-state index in [0.29, 0.717) is 5.56 Å². The van der Waals surface area contributed by atoms with Crippen LogP contribution in [0.2, 0.25) is 0 Å². The van der Waals surface area contributed by atoms with Gasteiger partial charge in [-0.3, -0.25) is 4.79 Å². The Labute approximate surface area is 105 Å². The van der Waals surface area contributed by atoms with Crippen molar-refractivity contribution in [3.05, 3.63) is 71.8 Å². The Bertz CT molecular complexity index is 586. The van der Waals surface area contributed by atoms with Crippen molar-refractivity contribution in [2.75, 3.05) is 0 Å². The van der Waals surface area contributed by atoms with Gasteiger partial charge in [-0.15, -0.1) is 0 Å². The Morgan fingerprint density at radius 3 is 2.22 bits per heavy atom. The number of aliphatic hydroxyl groups is 1. The maximum absolute atomic E-state index is 11.9. The molecule has 0 aliphatic carbocycles. The molecule has 0 saturated heterocycles. The first-order chi connectivity index (χ1) is 8.68. The van der Waals surface area contributed by atoms with E-state index in [9.17, 15) is 15.0 Å². The molecule has 0 amide bonds. The quantitative estimate of drug-likeness (QED) is 0.492. The van der Waals surface area contributed by atoms with Gasteiger partial charge in [0.2, 0.25) is 0 Å². The molecular weight excluding hydrogens is 228 g/mol. The topological polar surface area (TPSA) is 57.5 Å². The molecule has 0 saturated carbocycles. The maximum Gasteiger partial charge on any atom is 0.193 e. The third-order valence-corrected chi connectivity index (χ3v) is 2.51. The number of ketones is 1. The lowest BCUT2D eigenvalue weighted by Gasteiger charge is -2.01. The molecule has 2 rings (SSSR count). The van der Waals surface area contributed by atoms with E-state index in [-0.39, 0.29) is 17.1 Å². The van der Waals surface area contributed by atoms with Gasteiger partial charge < -0.3 is 10.2 Å². The van der Waals surface area contributed by atoms with Gasteiger partial charge >= 0.3 is 0 Å². The number of para-hydroxylation sites is 1. The monoisotopic (exact) mass is 240 g/mol. The summed E-state index contributed by atoms with van der Waals surface area (Å²) in [6, 6.07) is 15.0. The second-order valence-electron chi connectivity index (χ2n) is 3.78. The lowest BCUT2D eigenvalue weighted by molar-refractivity contribution is 0.104. The van der Waals surface area contributed by atoms with Crippen LogP contribution in [-0.4, -0.2) is 16.0 Å². The van der Waals surface area contributed by atoms with Gasteiger partial charge in [0.1, 0.15) is 11.5 Å². The molecule has 18 heavy (non-hydrogen) atoms. The van der Waals surface area contributed by atoms with Crippen LogP contribution in [0.1, 0.15) is 15.9 Å². The molecule has 0 unspecified atom stereocenters. The molecule has 0 bridgehead atoms. The molecule has 3 heteroatoms. The van der Waals surface area contributed by atoms with E-state index in [1.807, 2.05) is 6.07 Å². The van der Waals surface area contributed by atoms with Gasteiger partial charge in [-0.05, 0) is 12.1 Å². The number of hydrogen-bond acceptors (Lipinski definition) is 3. The van der Waals surface area contributed by atoms with Crippen LogP contribution in [0.3, 0.4) is 0 Å². The van der Waals surface area contributed by atoms with Crippen molar-refractivity contribution in [2.24, 2.45) is 0 Å². The van der Waals surface area contributed by atoms with Gasteiger partial charge in [0.25, 0.3) is 0 Å². The largest absolute Gasteiger partial charge is 0.507 e. The zero-order chi connectivity index (χ0) is 13.0.